The number of carbonyl (C=O) groups excluding carboxylic acids is 1. The predicted molar refractivity (Wildman–Crippen MR) is 79.5 cm³/mol. The van der Waals surface area contributed by atoms with Crippen LogP contribution in [0.5, 0.6) is 5.75 Å². The van der Waals surface area contributed by atoms with E-state index in [1.54, 1.807) is 19.2 Å². The van der Waals surface area contributed by atoms with Crippen LogP contribution in [0.3, 0.4) is 0 Å². The second kappa shape index (κ2) is 6.64. The zero-order chi connectivity index (χ0) is 13.7. The maximum absolute atomic E-state index is 12.1. The van der Waals surface area contributed by atoms with Crippen molar-refractivity contribution in [1.82, 2.24) is 0 Å². The van der Waals surface area contributed by atoms with E-state index in [4.69, 9.17) is 16.3 Å². The fourth-order valence-electron chi connectivity index (χ4n) is 1.60. The van der Waals surface area contributed by atoms with E-state index in [2.05, 4.69) is 0 Å². The second-order valence-electron chi connectivity index (χ2n) is 3.87. The van der Waals surface area contributed by atoms with Crippen LogP contribution in [-0.2, 0) is 0 Å². The van der Waals surface area contributed by atoms with Gasteiger partial charge in [-0.15, -0.1) is 11.8 Å². The van der Waals surface area contributed by atoms with E-state index in [1.807, 2.05) is 36.4 Å². The van der Waals surface area contributed by atoms with Crippen molar-refractivity contribution in [3.63, 3.8) is 0 Å². The molecule has 0 saturated heterocycles. The number of rotatable bonds is 5. The molecule has 4 heteroatoms. The molecule has 0 bridgehead atoms. The lowest BCUT2D eigenvalue weighted by Gasteiger charge is -2.05. The summed E-state index contributed by atoms with van der Waals surface area (Å²) in [6.07, 6.45) is 0. The van der Waals surface area contributed by atoms with Crippen LogP contribution in [0.1, 0.15) is 10.4 Å². The van der Waals surface area contributed by atoms with Gasteiger partial charge in [0, 0.05) is 10.5 Å². The lowest BCUT2D eigenvalue weighted by atomic mass is 10.1. The number of hydrogen-bond donors (Lipinski definition) is 0. The standard InChI is InChI=1S/C15H13ClO2S/c1-18-11-5-4-6-12(9-11)19-10-15(17)13-7-2-3-8-14(13)16/h2-9H,10H2,1H3. The molecule has 19 heavy (non-hydrogen) atoms. The Kier molecular flexibility index (Phi) is 4.88. The van der Waals surface area contributed by atoms with Crippen LogP contribution < -0.4 is 4.74 Å². The second-order valence-corrected chi connectivity index (χ2v) is 5.33. The molecule has 0 amide bonds. The number of methoxy groups -OCH3 is 1. The summed E-state index contributed by atoms with van der Waals surface area (Å²) in [6.45, 7) is 0. The number of ketones is 1. The van der Waals surface area contributed by atoms with Crippen LogP contribution in [0.25, 0.3) is 0 Å². The minimum Gasteiger partial charge on any atom is -0.497 e. The highest BCUT2D eigenvalue weighted by atomic mass is 35.5. The summed E-state index contributed by atoms with van der Waals surface area (Å²) in [4.78, 5) is 13.1. The van der Waals surface area contributed by atoms with E-state index >= 15 is 0 Å². The summed E-state index contributed by atoms with van der Waals surface area (Å²) in [7, 11) is 1.62. The van der Waals surface area contributed by atoms with Crippen molar-refractivity contribution in [3.05, 3.63) is 59.1 Å². The average Bonchev–Trinajstić information content (AvgIpc) is 2.45. The van der Waals surface area contributed by atoms with E-state index in [0.717, 1.165) is 10.6 Å². The SMILES string of the molecule is COc1cccc(SCC(=O)c2ccccc2Cl)c1. The molecule has 2 aromatic rings. The van der Waals surface area contributed by atoms with Gasteiger partial charge in [0.15, 0.2) is 5.78 Å². The Morgan fingerprint density at radius 3 is 2.74 bits per heavy atom. The summed E-state index contributed by atoms with van der Waals surface area (Å²) < 4.78 is 5.15. The Balaban J connectivity index is 2.02. The van der Waals surface area contributed by atoms with Gasteiger partial charge in [0.25, 0.3) is 0 Å². The van der Waals surface area contributed by atoms with E-state index in [-0.39, 0.29) is 5.78 Å². The third kappa shape index (κ3) is 3.75. The molecule has 0 radical (unpaired) electrons. The lowest BCUT2D eigenvalue weighted by molar-refractivity contribution is 0.102. The lowest BCUT2D eigenvalue weighted by Crippen LogP contribution is -2.02. The monoisotopic (exact) mass is 292 g/mol. The van der Waals surface area contributed by atoms with Gasteiger partial charge in [-0.1, -0.05) is 29.8 Å². The molecule has 0 saturated carbocycles. The molecule has 0 unspecified atom stereocenters. The first-order valence-electron chi connectivity index (χ1n) is 5.75. The van der Waals surface area contributed by atoms with Crippen molar-refractivity contribution in [3.8, 4) is 5.75 Å². The van der Waals surface area contributed by atoms with Crippen LogP contribution in [0.4, 0.5) is 0 Å². The maximum atomic E-state index is 12.1. The predicted octanol–water partition coefficient (Wildman–Crippen LogP) is 4.32. The number of carbonyl (C=O) groups is 1. The molecular formula is C15H13ClO2S. The molecule has 2 nitrogen and oxygen atoms in total. The van der Waals surface area contributed by atoms with Crippen LogP contribution in [0.2, 0.25) is 5.02 Å². The van der Waals surface area contributed by atoms with Gasteiger partial charge in [-0.05, 0) is 30.3 Å². The van der Waals surface area contributed by atoms with E-state index in [9.17, 15) is 4.79 Å². The van der Waals surface area contributed by atoms with E-state index < -0.39 is 0 Å². The van der Waals surface area contributed by atoms with Gasteiger partial charge >= 0.3 is 0 Å². The summed E-state index contributed by atoms with van der Waals surface area (Å²) in [5.74, 6) is 1.17. The molecule has 0 fully saturated rings. The first kappa shape index (κ1) is 14.0. The summed E-state index contributed by atoms with van der Waals surface area (Å²) in [5.41, 5.74) is 0.569. The fourth-order valence-corrected chi connectivity index (χ4v) is 2.67. The smallest absolute Gasteiger partial charge is 0.174 e. The van der Waals surface area contributed by atoms with Gasteiger partial charge in [0.05, 0.1) is 17.9 Å². The summed E-state index contributed by atoms with van der Waals surface area (Å²) >= 11 is 7.47. The largest absolute Gasteiger partial charge is 0.497 e. The van der Waals surface area contributed by atoms with Crippen LogP contribution in [0.15, 0.2) is 53.4 Å². The number of halogens is 1. The summed E-state index contributed by atoms with van der Waals surface area (Å²) in [5, 5.41) is 0.499. The topological polar surface area (TPSA) is 26.3 Å². The first-order valence-corrected chi connectivity index (χ1v) is 7.11. The Morgan fingerprint density at radius 2 is 2.00 bits per heavy atom. The molecule has 98 valence electrons. The number of ether oxygens (including phenoxy) is 1. The molecule has 0 aliphatic carbocycles. The third-order valence-corrected chi connectivity index (χ3v) is 3.91. The Morgan fingerprint density at radius 1 is 1.21 bits per heavy atom. The minimum absolute atomic E-state index is 0.0263. The molecular weight excluding hydrogens is 280 g/mol. The van der Waals surface area contributed by atoms with Crippen LogP contribution in [-0.4, -0.2) is 18.6 Å². The van der Waals surface area contributed by atoms with Gasteiger partial charge in [-0.3, -0.25) is 4.79 Å². The zero-order valence-electron chi connectivity index (χ0n) is 10.4. The Labute approximate surface area is 121 Å². The van der Waals surface area contributed by atoms with Gasteiger partial charge in [-0.25, -0.2) is 0 Å². The van der Waals surface area contributed by atoms with Crippen molar-refractivity contribution in [1.29, 1.82) is 0 Å². The fraction of sp³-hybridized carbons (Fsp3) is 0.133. The normalized spacial score (nSPS) is 10.2. The molecule has 0 aromatic heterocycles. The van der Waals surface area contributed by atoms with Crippen molar-refractivity contribution in [2.75, 3.05) is 12.9 Å². The van der Waals surface area contributed by atoms with Gasteiger partial charge < -0.3 is 4.74 Å². The molecule has 0 atom stereocenters. The van der Waals surface area contributed by atoms with Crippen molar-refractivity contribution in [2.24, 2.45) is 0 Å². The van der Waals surface area contributed by atoms with Crippen molar-refractivity contribution < 1.29 is 9.53 Å². The van der Waals surface area contributed by atoms with E-state index in [0.29, 0.717) is 16.3 Å². The first-order chi connectivity index (χ1) is 9.20. The highest BCUT2D eigenvalue weighted by Crippen LogP contribution is 2.25. The highest BCUT2D eigenvalue weighted by Gasteiger charge is 2.10. The molecule has 0 aliphatic rings. The Bertz CT molecular complexity index is 584. The molecule has 0 N–H and O–H groups in total. The highest BCUT2D eigenvalue weighted by molar-refractivity contribution is 8.00. The van der Waals surface area contributed by atoms with Gasteiger partial charge in [-0.2, -0.15) is 0 Å². The van der Waals surface area contributed by atoms with Gasteiger partial charge in [0.1, 0.15) is 5.75 Å². The van der Waals surface area contributed by atoms with E-state index in [1.165, 1.54) is 11.8 Å². The molecule has 2 aromatic carbocycles. The van der Waals surface area contributed by atoms with Gasteiger partial charge in [0.2, 0.25) is 0 Å². The molecule has 0 aliphatic heterocycles. The number of hydrogen-bond acceptors (Lipinski definition) is 3. The number of thioether (sulfide) groups is 1. The van der Waals surface area contributed by atoms with Crippen LogP contribution >= 0.6 is 23.4 Å². The van der Waals surface area contributed by atoms with Crippen LogP contribution in [0, 0.1) is 0 Å². The third-order valence-electron chi connectivity index (χ3n) is 2.59. The minimum atomic E-state index is 0.0263. The zero-order valence-corrected chi connectivity index (χ0v) is 12.0. The number of benzene rings is 2. The maximum Gasteiger partial charge on any atom is 0.174 e. The Hall–Kier alpha value is -1.45. The molecule has 0 heterocycles. The molecule has 2 rings (SSSR count). The number of Topliss-reactive ketones (excluding diaryl/α,β-unsaturated/α-hetero) is 1. The van der Waals surface area contributed by atoms with Crippen molar-refractivity contribution in [2.45, 2.75) is 4.90 Å². The quantitative estimate of drug-likeness (QED) is 0.606. The average molecular weight is 293 g/mol. The molecule has 0 spiro atoms. The summed E-state index contributed by atoms with van der Waals surface area (Å²) in [6, 6.07) is 14.7. The van der Waals surface area contributed by atoms with Crippen molar-refractivity contribution >= 4 is 29.1 Å².